The predicted octanol–water partition coefficient (Wildman–Crippen LogP) is 1.34. The summed E-state index contributed by atoms with van der Waals surface area (Å²) in [7, 11) is 0. The van der Waals surface area contributed by atoms with Gasteiger partial charge in [-0.25, -0.2) is 4.98 Å². The van der Waals surface area contributed by atoms with Crippen molar-refractivity contribution in [3.63, 3.8) is 0 Å². The van der Waals surface area contributed by atoms with Crippen molar-refractivity contribution in [3.05, 3.63) is 18.2 Å². The molecule has 0 saturated carbocycles. The molecule has 1 rings (SSSR count). The van der Waals surface area contributed by atoms with Crippen molar-refractivity contribution in [1.82, 2.24) is 9.55 Å². The second-order valence-electron chi connectivity index (χ2n) is 3.33. The average molecular weight is 207 g/mol. The van der Waals surface area contributed by atoms with Gasteiger partial charge in [-0.2, -0.15) is 13.2 Å². The summed E-state index contributed by atoms with van der Waals surface area (Å²) in [5.74, 6) is 0. The van der Waals surface area contributed by atoms with Crippen LogP contribution in [0.25, 0.3) is 0 Å². The molecule has 0 amide bonds. The maximum Gasteiger partial charge on any atom is 0.406 e. The topological polar surface area (TPSA) is 43.8 Å². The molecule has 0 aromatic carbocycles. The van der Waals surface area contributed by atoms with E-state index in [-0.39, 0.29) is 6.04 Å². The first-order valence-corrected chi connectivity index (χ1v) is 4.20. The third-order valence-electron chi connectivity index (χ3n) is 1.58. The fourth-order valence-corrected chi connectivity index (χ4v) is 1.14. The van der Waals surface area contributed by atoms with Crippen LogP contribution in [-0.2, 0) is 13.0 Å². The van der Waals surface area contributed by atoms with Gasteiger partial charge in [0.1, 0.15) is 6.54 Å². The van der Waals surface area contributed by atoms with Gasteiger partial charge < -0.3 is 10.3 Å². The summed E-state index contributed by atoms with van der Waals surface area (Å²) in [6.45, 7) is 0.779. The molecule has 0 aliphatic rings. The molecular formula is C8H12F3N3. The summed E-state index contributed by atoms with van der Waals surface area (Å²) < 4.78 is 36.8. The first-order valence-electron chi connectivity index (χ1n) is 4.20. The van der Waals surface area contributed by atoms with Gasteiger partial charge in [0.05, 0.1) is 12.0 Å². The van der Waals surface area contributed by atoms with Crippen LogP contribution in [-0.4, -0.2) is 21.8 Å². The average Bonchev–Trinajstić information content (AvgIpc) is 2.30. The Bertz CT molecular complexity index is 290. The number of nitrogens with zero attached hydrogens (tertiary/aromatic N) is 2. The fraction of sp³-hybridized carbons (Fsp3) is 0.625. The maximum absolute atomic E-state index is 11.9. The predicted molar refractivity (Wildman–Crippen MR) is 45.6 cm³/mol. The number of imidazole rings is 1. The summed E-state index contributed by atoms with van der Waals surface area (Å²) in [4.78, 5) is 3.82. The largest absolute Gasteiger partial charge is 0.406 e. The summed E-state index contributed by atoms with van der Waals surface area (Å²) in [6, 6.07) is -0.0933. The van der Waals surface area contributed by atoms with Crippen LogP contribution in [0.2, 0.25) is 0 Å². The highest BCUT2D eigenvalue weighted by atomic mass is 19.4. The summed E-state index contributed by atoms with van der Waals surface area (Å²) in [5.41, 5.74) is 6.08. The lowest BCUT2D eigenvalue weighted by Gasteiger charge is -2.05. The van der Waals surface area contributed by atoms with Crippen LogP contribution >= 0.6 is 0 Å². The Morgan fingerprint density at radius 2 is 2.21 bits per heavy atom. The van der Waals surface area contributed by atoms with Gasteiger partial charge in [-0.3, -0.25) is 0 Å². The second kappa shape index (κ2) is 4.00. The van der Waals surface area contributed by atoms with Crippen LogP contribution in [0.1, 0.15) is 12.6 Å². The van der Waals surface area contributed by atoms with Gasteiger partial charge in [-0.15, -0.1) is 0 Å². The van der Waals surface area contributed by atoms with Crippen LogP contribution in [0.15, 0.2) is 12.5 Å². The normalized spacial score (nSPS) is 14.4. The van der Waals surface area contributed by atoms with Crippen LogP contribution in [0, 0.1) is 0 Å². The first-order chi connectivity index (χ1) is 6.37. The standard InChI is InChI=1S/C8H12F3N3/c1-6(12)2-7-3-14(5-13-7)4-8(9,10)11/h3,5-6H,2,4,12H2,1H3. The monoisotopic (exact) mass is 207 g/mol. The molecule has 1 unspecified atom stereocenters. The zero-order valence-corrected chi connectivity index (χ0v) is 7.75. The van der Waals surface area contributed by atoms with Crippen molar-refractivity contribution < 1.29 is 13.2 Å². The zero-order chi connectivity index (χ0) is 10.8. The summed E-state index contributed by atoms with van der Waals surface area (Å²) >= 11 is 0. The molecule has 0 aliphatic carbocycles. The summed E-state index contributed by atoms with van der Waals surface area (Å²) in [6.07, 6.45) is -1.17. The second-order valence-corrected chi connectivity index (χ2v) is 3.33. The van der Waals surface area contributed by atoms with Crippen LogP contribution < -0.4 is 5.73 Å². The van der Waals surface area contributed by atoms with E-state index in [2.05, 4.69) is 4.98 Å². The number of rotatable bonds is 3. The minimum Gasteiger partial charge on any atom is -0.328 e. The smallest absolute Gasteiger partial charge is 0.328 e. The molecule has 0 bridgehead atoms. The van der Waals surface area contributed by atoms with Gasteiger partial charge >= 0.3 is 6.18 Å². The molecule has 1 heterocycles. The van der Waals surface area contributed by atoms with E-state index < -0.39 is 12.7 Å². The fourth-order valence-electron chi connectivity index (χ4n) is 1.14. The number of halogens is 3. The number of aromatic nitrogens is 2. The molecule has 2 N–H and O–H groups in total. The van der Waals surface area contributed by atoms with Crippen molar-refractivity contribution in [2.45, 2.75) is 32.1 Å². The van der Waals surface area contributed by atoms with Crippen LogP contribution in [0.5, 0.6) is 0 Å². The molecule has 14 heavy (non-hydrogen) atoms. The molecule has 0 saturated heterocycles. The molecule has 1 atom stereocenters. The quantitative estimate of drug-likeness (QED) is 0.812. The molecule has 6 heteroatoms. The van der Waals surface area contributed by atoms with Gasteiger partial charge in [-0.05, 0) is 6.92 Å². The third-order valence-corrected chi connectivity index (χ3v) is 1.58. The van der Waals surface area contributed by atoms with Gasteiger partial charge in [-0.1, -0.05) is 0 Å². The highest BCUT2D eigenvalue weighted by Gasteiger charge is 2.27. The Morgan fingerprint density at radius 1 is 1.57 bits per heavy atom. The number of hydrogen-bond donors (Lipinski definition) is 1. The van der Waals surface area contributed by atoms with Crippen LogP contribution in [0.4, 0.5) is 13.2 Å². The highest BCUT2D eigenvalue weighted by molar-refractivity contribution is 4.98. The van der Waals surface area contributed by atoms with E-state index in [0.717, 1.165) is 4.57 Å². The van der Waals surface area contributed by atoms with E-state index in [0.29, 0.717) is 12.1 Å². The highest BCUT2D eigenvalue weighted by Crippen LogP contribution is 2.17. The van der Waals surface area contributed by atoms with Crippen LogP contribution in [0.3, 0.4) is 0 Å². The zero-order valence-electron chi connectivity index (χ0n) is 7.75. The lowest BCUT2D eigenvalue weighted by atomic mass is 10.2. The van der Waals surface area contributed by atoms with Gasteiger partial charge in [0.25, 0.3) is 0 Å². The van der Waals surface area contributed by atoms with Crippen molar-refractivity contribution in [2.24, 2.45) is 5.73 Å². The van der Waals surface area contributed by atoms with E-state index in [1.165, 1.54) is 12.5 Å². The Hall–Kier alpha value is -1.04. The van der Waals surface area contributed by atoms with Gasteiger partial charge in [0, 0.05) is 18.7 Å². The SMILES string of the molecule is CC(N)Cc1cn(CC(F)(F)F)cn1. The maximum atomic E-state index is 11.9. The molecule has 0 aliphatic heterocycles. The Labute approximate surface area is 79.7 Å². The van der Waals surface area contributed by atoms with Crippen molar-refractivity contribution >= 4 is 0 Å². The Kier molecular flexibility index (Phi) is 3.15. The van der Waals surface area contributed by atoms with Crippen molar-refractivity contribution in [2.75, 3.05) is 0 Å². The number of alkyl halides is 3. The molecule has 0 spiro atoms. The van der Waals surface area contributed by atoms with Gasteiger partial charge in [0.2, 0.25) is 0 Å². The van der Waals surface area contributed by atoms with Crippen molar-refractivity contribution in [1.29, 1.82) is 0 Å². The third kappa shape index (κ3) is 3.78. The molecule has 80 valence electrons. The number of nitrogens with two attached hydrogens (primary N) is 1. The Balaban J connectivity index is 2.60. The molecule has 0 fully saturated rings. The van der Waals surface area contributed by atoms with E-state index in [1.54, 1.807) is 6.92 Å². The van der Waals surface area contributed by atoms with E-state index in [1.807, 2.05) is 0 Å². The minimum absolute atomic E-state index is 0.0933. The van der Waals surface area contributed by atoms with E-state index in [4.69, 9.17) is 5.73 Å². The first kappa shape index (κ1) is 11.0. The van der Waals surface area contributed by atoms with Crippen molar-refractivity contribution in [3.8, 4) is 0 Å². The molecular weight excluding hydrogens is 195 g/mol. The Morgan fingerprint density at radius 3 is 2.71 bits per heavy atom. The van der Waals surface area contributed by atoms with Gasteiger partial charge in [0.15, 0.2) is 0 Å². The van der Waals surface area contributed by atoms with E-state index >= 15 is 0 Å². The number of hydrogen-bond acceptors (Lipinski definition) is 2. The molecule has 1 aromatic rings. The molecule has 0 radical (unpaired) electrons. The minimum atomic E-state index is -4.20. The lowest BCUT2D eigenvalue weighted by molar-refractivity contribution is -0.140. The van der Waals surface area contributed by atoms with E-state index in [9.17, 15) is 13.2 Å². The summed E-state index contributed by atoms with van der Waals surface area (Å²) in [5, 5.41) is 0. The lowest BCUT2D eigenvalue weighted by Crippen LogP contribution is -2.18. The molecule has 1 aromatic heterocycles. The molecule has 3 nitrogen and oxygen atoms in total.